The van der Waals surface area contributed by atoms with E-state index in [1.165, 1.54) is 30.6 Å². The maximum atomic E-state index is 13.5. The van der Waals surface area contributed by atoms with Gasteiger partial charge in [0.25, 0.3) is 0 Å². The molecule has 0 aliphatic heterocycles. The molecule has 4 rings (SSSR count). The molecular weight excluding hydrogens is 614 g/mol. The summed E-state index contributed by atoms with van der Waals surface area (Å²) in [5.74, 6) is -1.32. The van der Waals surface area contributed by atoms with Crippen molar-refractivity contribution in [2.24, 2.45) is 0 Å². The van der Waals surface area contributed by atoms with Gasteiger partial charge >= 0.3 is 18.4 Å². The molecule has 15 heteroatoms. The number of amides is 1. The van der Waals surface area contributed by atoms with Crippen molar-refractivity contribution in [3.05, 3.63) is 89.8 Å². The second-order valence-corrected chi connectivity index (χ2v) is 10.4. The quantitative estimate of drug-likeness (QED) is 0.208. The van der Waals surface area contributed by atoms with E-state index in [2.05, 4.69) is 19.9 Å². The summed E-state index contributed by atoms with van der Waals surface area (Å²) >= 11 is 0. The molecule has 0 radical (unpaired) electrons. The van der Waals surface area contributed by atoms with Crippen molar-refractivity contribution in [3.63, 3.8) is 0 Å². The molecule has 0 aromatic carbocycles. The van der Waals surface area contributed by atoms with Gasteiger partial charge < -0.3 is 4.74 Å². The van der Waals surface area contributed by atoms with E-state index in [1.807, 2.05) is 0 Å². The van der Waals surface area contributed by atoms with Gasteiger partial charge in [-0.1, -0.05) is 13.0 Å². The number of carbonyl (C=O) groups is 1. The highest BCUT2D eigenvalue weighted by Gasteiger charge is 2.39. The highest BCUT2D eigenvalue weighted by atomic mass is 19.4. The second kappa shape index (κ2) is 13.5. The Morgan fingerprint density at radius 1 is 0.756 bits per heavy atom. The first-order valence-electron chi connectivity index (χ1n) is 13.1. The molecule has 0 saturated heterocycles. The number of nitrogens with zero attached hydrogens (tertiary/aromatic N) is 5. The molecule has 0 bridgehead atoms. The lowest BCUT2D eigenvalue weighted by Crippen LogP contribution is -2.35. The molecule has 4 heterocycles. The summed E-state index contributed by atoms with van der Waals surface area (Å²) < 4.78 is 110. The summed E-state index contributed by atoms with van der Waals surface area (Å²) in [4.78, 5) is 27.2. The number of ether oxygens (including phenoxy) is 1. The van der Waals surface area contributed by atoms with E-state index in [4.69, 9.17) is 4.74 Å². The Bertz CT molecular complexity index is 1650. The van der Waals surface area contributed by atoms with Crippen LogP contribution in [0.5, 0.6) is 0 Å². The van der Waals surface area contributed by atoms with Gasteiger partial charge in [-0.15, -0.1) is 0 Å². The van der Waals surface area contributed by atoms with Crippen molar-refractivity contribution in [2.45, 2.75) is 52.1 Å². The first-order valence-corrected chi connectivity index (χ1v) is 13.1. The molecule has 4 aromatic rings. The van der Waals surface area contributed by atoms with E-state index in [-0.39, 0.29) is 34.5 Å². The summed E-state index contributed by atoms with van der Waals surface area (Å²) in [6, 6.07) is 7.25. The van der Waals surface area contributed by atoms with Crippen molar-refractivity contribution in [1.29, 1.82) is 0 Å². The Balaban J connectivity index is 0.000000257. The fourth-order valence-corrected chi connectivity index (χ4v) is 3.80. The molecule has 0 aliphatic carbocycles. The normalized spacial score (nSPS) is 11.8. The molecule has 0 saturated carbocycles. The number of aromatic nitrogens is 4. The highest BCUT2D eigenvalue weighted by Crippen LogP contribution is 2.37. The summed E-state index contributed by atoms with van der Waals surface area (Å²) in [6.45, 7) is 6.42. The van der Waals surface area contributed by atoms with Gasteiger partial charge in [0.1, 0.15) is 22.9 Å². The minimum Gasteiger partial charge on any atom is -0.443 e. The Hall–Kier alpha value is -4.69. The van der Waals surface area contributed by atoms with Crippen molar-refractivity contribution < 1.29 is 44.7 Å². The van der Waals surface area contributed by atoms with Gasteiger partial charge in [-0.05, 0) is 63.1 Å². The van der Waals surface area contributed by atoms with Crippen molar-refractivity contribution in [3.8, 4) is 22.5 Å². The lowest BCUT2D eigenvalue weighted by molar-refractivity contribution is -0.142. The fraction of sp³-hybridized carbons (Fsp3) is 0.300. The Morgan fingerprint density at radius 3 is 1.64 bits per heavy atom. The van der Waals surface area contributed by atoms with Gasteiger partial charge in [-0.25, -0.2) is 23.5 Å². The van der Waals surface area contributed by atoms with E-state index in [1.54, 1.807) is 27.7 Å². The third-order valence-corrected chi connectivity index (χ3v) is 5.80. The number of hydrogen-bond acceptors (Lipinski definition) is 6. The van der Waals surface area contributed by atoms with Crippen LogP contribution in [0.15, 0.2) is 61.2 Å². The summed E-state index contributed by atoms with van der Waals surface area (Å²) in [6.07, 6.45) is -5.70. The molecule has 4 aromatic heterocycles. The number of pyridine rings is 4. The SMILES string of the molecule is CCc1ccc(-c2cncc(F)c2)nc1C(F)(F)F.CN(C(=O)OC(C)(C)C)c1ccc(-c2cncc(F)c2)nc1C(F)(F)F. The third-order valence-electron chi connectivity index (χ3n) is 5.80. The number of hydrogen-bond donors (Lipinski definition) is 0. The van der Waals surface area contributed by atoms with Crippen LogP contribution in [-0.2, 0) is 23.5 Å². The van der Waals surface area contributed by atoms with Crippen LogP contribution in [-0.4, -0.2) is 38.7 Å². The third kappa shape index (κ3) is 9.40. The van der Waals surface area contributed by atoms with E-state index in [9.17, 15) is 39.9 Å². The number of aryl methyl sites for hydroxylation is 1. The molecule has 0 aliphatic rings. The molecule has 1 amide bonds. The van der Waals surface area contributed by atoms with E-state index in [0.717, 1.165) is 42.5 Å². The molecular formula is C30H27F8N5O2. The Labute approximate surface area is 252 Å². The standard InChI is InChI=1S/C17H17F4N3O2.C13H10F4N2/c1-16(2,3)26-15(25)24(4)13-6-5-12(23-14(13)17(19,20)21)10-7-11(18)9-22-8-10;1-2-8-3-4-11(19-12(8)13(15,16)17)9-5-10(14)7-18-6-9/h5-9H,1-4H3;3-7H,2H2,1H3. The van der Waals surface area contributed by atoms with Crippen LogP contribution in [0.2, 0.25) is 0 Å². The topological polar surface area (TPSA) is 81.1 Å². The molecule has 0 unspecified atom stereocenters. The van der Waals surface area contributed by atoms with Crippen LogP contribution < -0.4 is 4.90 Å². The highest BCUT2D eigenvalue weighted by molar-refractivity contribution is 5.88. The van der Waals surface area contributed by atoms with Crippen molar-refractivity contribution >= 4 is 11.8 Å². The van der Waals surface area contributed by atoms with Gasteiger partial charge in [0, 0.05) is 30.6 Å². The summed E-state index contributed by atoms with van der Waals surface area (Å²) in [5.41, 5.74) is -3.22. The van der Waals surface area contributed by atoms with Gasteiger partial charge in [-0.2, -0.15) is 26.3 Å². The minimum absolute atomic E-state index is 0.0523. The number of halogens is 8. The monoisotopic (exact) mass is 641 g/mol. The summed E-state index contributed by atoms with van der Waals surface area (Å²) in [5, 5.41) is 0. The van der Waals surface area contributed by atoms with Crippen LogP contribution in [0.4, 0.5) is 45.6 Å². The summed E-state index contributed by atoms with van der Waals surface area (Å²) in [7, 11) is 1.16. The zero-order chi connectivity index (χ0) is 33.7. The first-order chi connectivity index (χ1) is 20.8. The number of carbonyl (C=O) groups excluding carboxylic acids is 1. The molecule has 0 atom stereocenters. The number of rotatable bonds is 4. The van der Waals surface area contributed by atoms with E-state index >= 15 is 0 Å². The fourth-order valence-electron chi connectivity index (χ4n) is 3.80. The molecule has 0 N–H and O–H groups in total. The van der Waals surface area contributed by atoms with Gasteiger partial charge in [0.2, 0.25) is 0 Å². The van der Waals surface area contributed by atoms with E-state index < -0.39 is 52.8 Å². The zero-order valence-electron chi connectivity index (χ0n) is 24.6. The van der Waals surface area contributed by atoms with Crippen LogP contribution in [0.25, 0.3) is 22.5 Å². The minimum atomic E-state index is -4.83. The largest absolute Gasteiger partial charge is 0.443 e. The van der Waals surface area contributed by atoms with Crippen LogP contribution >= 0.6 is 0 Å². The maximum absolute atomic E-state index is 13.5. The van der Waals surface area contributed by atoms with Crippen LogP contribution in [0.3, 0.4) is 0 Å². The Kier molecular flexibility index (Phi) is 10.5. The average molecular weight is 642 g/mol. The smallest absolute Gasteiger partial charge is 0.435 e. The predicted molar refractivity (Wildman–Crippen MR) is 149 cm³/mol. The Morgan fingerprint density at radius 2 is 1.22 bits per heavy atom. The number of anilines is 1. The maximum Gasteiger partial charge on any atom is 0.435 e. The first kappa shape index (κ1) is 34.8. The zero-order valence-corrected chi connectivity index (χ0v) is 24.6. The van der Waals surface area contributed by atoms with Gasteiger partial charge in [-0.3, -0.25) is 14.9 Å². The van der Waals surface area contributed by atoms with Crippen molar-refractivity contribution in [2.75, 3.05) is 11.9 Å². The number of alkyl halides is 6. The predicted octanol–water partition coefficient (Wildman–Crippen LogP) is 8.54. The van der Waals surface area contributed by atoms with E-state index in [0.29, 0.717) is 0 Å². The van der Waals surface area contributed by atoms with Crippen molar-refractivity contribution in [1.82, 2.24) is 19.9 Å². The lowest BCUT2D eigenvalue weighted by atomic mass is 10.1. The lowest BCUT2D eigenvalue weighted by Gasteiger charge is -2.26. The van der Waals surface area contributed by atoms with Gasteiger partial charge in [0.05, 0.1) is 29.5 Å². The van der Waals surface area contributed by atoms with Crippen LogP contribution in [0.1, 0.15) is 44.6 Å². The average Bonchev–Trinajstić information content (AvgIpc) is 2.94. The van der Waals surface area contributed by atoms with Gasteiger partial charge in [0.15, 0.2) is 5.69 Å². The molecule has 240 valence electrons. The molecule has 0 fully saturated rings. The molecule has 0 spiro atoms. The molecule has 7 nitrogen and oxygen atoms in total. The van der Waals surface area contributed by atoms with Crippen LogP contribution in [0, 0.1) is 11.6 Å². The molecule has 45 heavy (non-hydrogen) atoms. The second-order valence-electron chi connectivity index (χ2n) is 10.4.